The number of nitrogens with zero attached hydrogens (tertiary/aromatic N) is 1. The van der Waals surface area contributed by atoms with Crippen LogP contribution in [0.3, 0.4) is 0 Å². The summed E-state index contributed by atoms with van der Waals surface area (Å²) in [5.41, 5.74) is 3.25. The number of benzene rings is 1. The van der Waals surface area contributed by atoms with E-state index in [1.54, 1.807) is 13.1 Å². The van der Waals surface area contributed by atoms with Gasteiger partial charge in [0.05, 0.1) is 27.7 Å². The van der Waals surface area contributed by atoms with Crippen LogP contribution >= 0.6 is 11.3 Å². The first kappa shape index (κ1) is 20.6. The molecule has 2 unspecified atom stereocenters. The summed E-state index contributed by atoms with van der Waals surface area (Å²) in [6.45, 7) is 8.17. The number of hydrogen-bond donors (Lipinski definition) is 2. The Hall–Kier alpha value is -2.70. The number of rotatable bonds is 4. The first-order chi connectivity index (χ1) is 14.3. The smallest absolute Gasteiger partial charge is 0.262 e. The Morgan fingerprint density at radius 2 is 2.10 bits per heavy atom. The van der Waals surface area contributed by atoms with Crippen molar-refractivity contribution in [1.82, 2.24) is 10.3 Å². The highest BCUT2D eigenvalue weighted by atomic mass is 32.1. The van der Waals surface area contributed by atoms with Crippen molar-refractivity contribution in [2.45, 2.75) is 45.8 Å². The Morgan fingerprint density at radius 3 is 2.87 bits per heavy atom. The van der Waals surface area contributed by atoms with Crippen LogP contribution < -0.4 is 10.1 Å². The third-order valence-electron chi connectivity index (χ3n) is 5.39. The van der Waals surface area contributed by atoms with Crippen LogP contribution in [0.25, 0.3) is 10.2 Å². The number of thiophene rings is 1. The van der Waals surface area contributed by atoms with Crippen molar-refractivity contribution in [3.05, 3.63) is 69.7 Å². The number of amides is 1. The number of allylic oxidation sites excluding steroid dienone is 1. The van der Waals surface area contributed by atoms with Crippen molar-refractivity contribution in [3.8, 4) is 5.75 Å². The quantitative estimate of drug-likeness (QED) is 0.579. The number of carbonyl (C=O) groups excluding carboxylic acids is 1. The summed E-state index contributed by atoms with van der Waals surface area (Å²) in [6, 6.07) is 9.55. The number of pyridine rings is 1. The summed E-state index contributed by atoms with van der Waals surface area (Å²) in [7, 11) is 0. The number of para-hydroxylation sites is 1. The first-order valence-corrected chi connectivity index (χ1v) is 10.9. The lowest BCUT2D eigenvalue weighted by Crippen LogP contribution is -2.32. The third-order valence-corrected chi connectivity index (χ3v) is 6.70. The van der Waals surface area contributed by atoms with Crippen LogP contribution in [-0.2, 0) is 5.60 Å². The normalized spacial score (nSPS) is 17.6. The lowest BCUT2D eigenvalue weighted by Gasteiger charge is -2.26. The average molecular weight is 423 g/mol. The molecule has 156 valence electrons. The largest absolute Gasteiger partial charge is 0.493 e. The molecule has 5 nitrogen and oxygen atoms in total. The van der Waals surface area contributed by atoms with Gasteiger partial charge >= 0.3 is 0 Å². The molecule has 2 atom stereocenters. The fourth-order valence-electron chi connectivity index (χ4n) is 4.08. The summed E-state index contributed by atoms with van der Waals surface area (Å²) in [6.07, 6.45) is 4.25. The lowest BCUT2D eigenvalue weighted by atomic mass is 9.94. The number of ether oxygens (including phenoxy) is 1. The van der Waals surface area contributed by atoms with Crippen LogP contribution in [0.15, 0.2) is 48.2 Å². The lowest BCUT2D eigenvalue weighted by molar-refractivity contribution is 0.0928. The minimum absolute atomic E-state index is 0.0896. The predicted octanol–water partition coefficient (Wildman–Crippen LogP) is 5.03. The fraction of sp³-hybridized carbons (Fsp3) is 0.333. The zero-order chi connectivity index (χ0) is 21.5. The zero-order valence-electron chi connectivity index (χ0n) is 17.7. The molecule has 30 heavy (non-hydrogen) atoms. The number of aromatic nitrogens is 1. The molecule has 0 saturated heterocycles. The van der Waals surface area contributed by atoms with Gasteiger partial charge in [0.15, 0.2) is 0 Å². The molecule has 0 bridgehead atoms. The van der Waals surface area contributed by atoms with E-state index in [4.69, 9.17) is 4.74 Å². The number of carbonyl (C=O) groups is 1. The van der Waals surface area contributed by atoms with Crippen LogP contribution in [-0.4, -0.2) is 22.6 Å². The summed E-state index contributed by atoms with van der Waals surface area (Å²) in [5.74, 6) is 0.703. The molecule has 1 aromatic carbocycles. The zero-order valence-corrected chi connectivity index (χ0v) is 18.5. The van der Waals surface area contributed by atoms with Gasteiger partial charge in [0.1, 0.15) is 11.4 Å². The van der Waals surface area contributed by atoms with E-state index >= 15 is 0 Å². The van der Waals surface area contributed by atoms with E-state index < -0.39 is 5.60 Å². The Kier molecular flexibility index (Phi) is 5.38. The van der Waals surface area contributed by atoms with Gasteiger partial charge < -0.3 is 15.2 Å². The topological polar surface area (TPSA) is 71.5 Å². The van der Waals surface area contributed by atoms with Gasteiger partial charge in [-0.1, -0.05) is 29.8 Å². The van der Waals surface area contributed by atoms with E-state index in [-0.39, 0.29) is 11.9 Å². The Labute approximate surface area is 180 Å². The maximum atomic E-state index is 13.2. The SMILES string of the molecule is CC(C)=CC(C)(O)c1ccnc2c(C)c(C(=O)NC3CCOc4ccccc43)sc12. The van der Waals surface area contributed by atoms with Gasteiger partial charge in [0.25, 0.3) is 5.91 Å². The second kappa shape index (κ2) is 7.85. The van der Waals surface area contributed by atoms with Crippen molar-refractivity contribution in [1.29, 1.82) is 0 Å². The summed E-state index contributed by atoms with van der Waals surface area (Å²) >= 11 is 1.39. The number of hydrogen-bond acceptors (Lipinski definition) is 5. The first-order valence-electron chi connectivity index (χ1n) is 10.1. The van der Waals surface area contributed by atoms with Gasteiger partial charge in [0, 0.05) is 23.7 Å². The van der Waals surface area contributed by atoms with Crippen molar-refractivity contribution in [3.63, 3.8) is 0 Å². The number of aryl methyl sites for hydroxylation is 1. The van der Waals surface area contributed by atoms with Gasteiger partial charge in [-0.2, -0.15) is 0 Å². The number of aliphatic hydroxyl groups is 1. The molecule has 3 aromatic rings. The minimum atomic E-state index is -1.13. The van der Waals surface area contributed by atoms with Gasteiger partial charge in [-0.25, -0.2) is 0 Å². The molecule has 0 spiro atoms. The summed E-state index contributed by atoms with van der Waals surface area (Å²) < 4.78 is 6.55. The van der Waals surface area contributed by atoms with E-state index in [0.717, 1.165) is 44.7 Å². The van der Waals surface area contributed by atoms with Gasteiger partial charge in [-0.3, -0.25) is 9.78 Å². The molecule has 0 fully saturated rings. The minimum Gasteiger partial charge on any atom is -0.493 e. The Morgan fingerprint density at radius 1 is 1.33 bits per heavy atom. The molecule has 0 saturated carbocycles. The molecule has 1 amide bonds. The molecule has 1 aliphatic rings. The highest BCUT2D eigenvalue weighted by molar-refractivity contribution is 7.21. The van der Waals surface area contributed by atoms with E-state index in [0.29, 0.717) is 11.5 Å². The third kappa shape index (κ3) is 3.73. The molecule has 2 N–H and O–H groups in total. The van der Waals surface area contributed by atoms with E-state index in [9.17, 15) is 9.90 Å². The molecule has 3 heterocycles. The van der Waals surface area contributed by atoms with Crippen LogP contribution in [0.1, 0.15) is 59.6 Å². The van der Waals surface area contributed by atoms with Crippen molar-refractivity contribution in [2.24, 2.45) is 0 Å². The van der Waals surface area contributed by atoms with Crippen molar-refractivity contribution >= 4 is 27.5 Å². The fourth-order valence-corrected chi connectivity index (χ4v) is 5.37. The Balaban J connectivity index is 1.71. The highest BCUT2D eigenvalue weighted by Crippen LogP contribution is 2.38. The molecule has 0 radical (unpaired) electrons. The van der Waals surface area contributed by atoms with Gasteiger partial charge in [-0.15, -0.1) is 11.3 Å². The standard InChI is InChI=1S/C24H26N2O3S/c1-14(2)13-24(4,28)17-9-11-25-20-15(3)21(30-22(17)20)23(27)26-18-10-12-29-19-8-6-5-7-16(18)19/h5-9,11,13,18,28H,10,12H2,1-4H3,(H,26,27). The molecular formula is C24H26N2O3S. The van der Waals surface area contributed by atoms with Crippen molar-refractivity contribution in [2.75, 3.05) is 6.61 Å². The van der Waals surface area contributed by atoms with Crippen LogP contribution in [0.2, 0.25) is 0 Å². The molecule has 2 aromatic heterocycles. The second-order valence-electron chi connectivity index (χ2n) is 8.16. The van der Waals surface area contributed by atoms with Crippen LogP contribution in [0.5, 0.6) is 5.75 Å². The molecular weight excluding hydrogens is 396 g/mol. The monoisotopic (exact) mass is 422 g/mol. The summed E-state index contributed by atoms with van der Waals surface area (Å²) in [5, 5.41) is 14.2. The maximum absolute atomic E-state index is 13.2. The van der Waals surface area contributed by atoms with Gasteiger partial charge in [-0.05, 0) is 45.4 Å². The number of nitrogens with one attached hydrogen (secondary N) is 1. The van der Waals surface area contributed by atoms with Crippen LogP contribution in [0.4, 0.5) is 0 Å². The maximum Gasteiger partial charge on any atom is 0.262 e. The molecule has 4 rings (SSSR count). The summed E-state index contributed by atoms with van der Waals surface area (Å²) in [4.78, 5) is 18.3. The molecule has 6 heteroatoms. The molecule has 1 aliphatic heterocycles. The predicted molar refractivity (Wildman–Crippen MR) is 120 cm³/mol. The van der Waals surface area contributed by atoms with Crippen molar-refractivity contribution < 1.29 is 14.6 Å². The van der Waals surface area contributed by atoms with E-state index in [1.165, 1.54) is 11.3 Å². The average Bonchev–Trinajstić information content (AvgIpc) is 3.04. The van der Waals surface area contributed by atoms with Gasteiger partial charge in [0.2, 0.25) is 0 Å². The van der Waals surface area contributed by atoms with Crippen LogP contribution in [0, 0.1) is 6.92 Å². The molecule has 0 aliphatic carbocycles. The van der Waals surface area contributed by atoms with E-state index in [2.05, 4.69) is 10.3 Å². The number of fused-ring (bicyclic) bond motifs is 2. The highest BCUT2D eigenvalue weighted by Gasteiger charge is 2.28. The van der Waals surface area contributed by atoms with E-state index in [1.807, 2.05) is 57.2 Å². The second-order valence-corrected chi connectivity index (χ2v) is 9.18. The Bertz CT molecular complexity index is 1140.